The predicted octanol–water partition coefficient (Wildman–Crippen LogP) is 3.74. The highest BCUT2D eigenvalue weighted by molar-refractivity contribution is 7.80. The lowest BCUT2D eigenvalue weighted by Crippen LogP contribution is -2.19. The minimum atomic E-state index is -0.840. The lowest BCUT2D eigenvalue weighted by Gasteiger charge is -2.13. The molecule has 2 rings (SSSR count). The molecule has 4 nitrogen and oxygen atoms in total. The van der Waals surface area contributed by atoms with Crippen LogP contribution < -0.4 is 10.6 Å². The van der Waals surface area contributed by atoms with Gasteiger partial charge in [0.05, 0.1) is 6.42 Å². The summed E-state index contributed by atoms with van der Waals surface area (Å²) in [5.74, 6) is -0.840. The zero-order valence-corrected chi connectivity index (χ0v) is 13.3. The number of aryl methyl sites for hydroxylation is 2. The molecule has 0 radical (unpaired) electrons. The van der Waals surface area contributed by atoms with Gasteiger partial charge >= 0.3 is 5.97 Å². The highest BCUT2D eigenvalue weighted by Crippen LogP contribution is 2.17. The first kappa shape index (κ1) is 16.0. The summed E-state index contributed by atoms with van der Waals surface area (Å²) in [7, 11) is 0. The van der Waals surface area contributed by atoms with Crippen LogP contribution in [0.3, 0.4) is 0 Å². The summed E-state index contributed by atoms with van der Waals surface area (Å²) >= 11 is 5.30. The van der Waals surface area contributed by atoms with Crippen LogP contribution in [-0.4, -0.2) is 16.2 Å². The smallest absolute Gasteiger partial charge is 0.307 e. The third-order valence-corrected chi connectivity index (χ3v) is 3.40. The fraction of sp³-hybridized carbons (Fsp3) is 0.176. The van der Waals surface area contributed by atoms with Gasteiger partial charge in [-0.15, -0.1) is 0 Å². The molecule has 114 valence electrons. The van der Waals surface area contributed by atoms with E-state index in [2.05, 4.69) is 16.7 Å². The van der Waals surface area contributed by atoms with Crippen molar-refractivity contribution in [2.45, 2.75) is 20.3 Å². The molecule has 0 bridgehead atoms. The fourth-order valence-electron chi connectivity index (χ4n) is 2.12. The number of carboxylic acids is 1. The van der Waals surface area contributed by atoms with Gasteiger partial charge in [0.25, 0.3) is 0 Å². The van der Waals surface area contributed by atoms with Crippen LogP contribution in [0, 0.1) is 13.8 Å². The standard InChI is InChI=1S/C17H18N2O2S/c1-11-3-8-15(12(2)9-11)19-17(22)18-14-6-4-13(5-7-14)10-16(20)21/h3-9H,10H2,1-2H3,(H,20,21)(H2,18,19,22). The zero-order valence-electron chi connectivity index (χ0n) is 12.5. The molecular formula is C17H18N2O2S. The number of anilines is 2. The predicted molar refractivity (Wildman–Crippen MR) is 93.5 cm³/mol. The van der Waals surface area contributed by atoms with Crippen LogP contribution in [0.4, 0.5) is 11.4 Å². The van der Waals surface area contributed by atoms with Crippen LogP contribution in [0.15, 0.2) is 42.5 Å². The summed E-state index contributed by atoms with van der Waals surface area (Å²) in [6.45, 7) is 4.07. The van der Waals surface area contributed by atoms with E-state index in [4.69, 9.17) is 17.3 Å². The Balaban J connectivity index is 1.98. The second kappa shape index (κ2) is 7.04. The van der Waals surface area contributed by atoms with Gasteiger partial charge in [-0.1, -0.05) is 29.8 Å². The summed E-state index contributed by atoms with van der Waals surface area (Å²) < 4.78 is 0. The molecular weight excluding hydrogens is 296 g/mol. The summed E-state index contributed by atoms with van der Waals surface area (Å²) in [6, 6.07) is 13.3. The third kappa shape index (κ3) is 4.56. The van der Waals surface area contributed by atoms with Crippen molar-refractivity contribution in [2.24, 2.45) is 0 Å². The van der Waals surface area contributed by atoms with E-state index in [1.165, 1.54) is 5.56 Å². The first-order chi connectivity index (χ1) is 10.4. The molecule has 0 spiro atoms. The Kier molecular flexibility index (Phi) is 5.12. The first-order valence-corrected chi connectivity index (χ1v) is 7.31. The molecule has 3 N–H and O–H groups in total. The topological polar surface area (TPSA) is 61.4 Å². The van der Waals surface area contributed by atoms with E-state index in [0.717, 1.165) is 22.5 Å². The molecule has 0 aliphatic rings. The van der Waals surface area contributed by atoms with E-state index in [9.17, 15) is 4.79 Å². The molecule has 0 saturated carbocycles. The lowest BCUT2D eigenvalue weighted by molar-refractivity contribution is -0.136. The molecule has 0 aliphatic heterocycles. The second-order valence-corrected chi connectivity index (χ2v) is 5.57. The number of rotatable bonds is 4. The molecule has 0 saturated heterocycles. The number of carboxylic acid groups (broad SMARTS) is 1. The van der Waals surface area contributed by atoms with Crippen molar-refractivity contribution in [3.63, 3.8) is 0 Å². The molecule has 5 heteroatoms. The monoisotopic (exact) mass is 314 g/mol. The van der Waals surface area contributed by atoms with Crippen LogP contribution in [0.5, 0.6) is 0 Å². The highest BCUT2D eigenvalue weighted by Gasteiger charge is 2.03. The van der Waals surface area contributed by atoms with Gasteiger partial charge in [-0.25, -0.2) is 0 Å². The van der Waals surface area contributed by atoms with Crippen molar-refractivity contribution < 1.29 is 9.90 Å². The number of hydrogen-bond acceptors (Lipinski definition) is 2. The van der Waals surface area contributed by atoms with Crippen LogP contribution in [0.1, 0.15) is 16.7 Å². The highest BCUT2D eigenvalue weighted by atomic mass is 32.1. The maximum absolute atomic E-state index is 10.6. The molecule has 0 amide bonds. The molecule has 0 heterocycles. The van der Waals surface area contributed by atoms with Gasteiger partial charge in [0, 0.05) is 11.4 Å². The molecule has 0 fully saturated rings. The molecule has 0 aromatic heterocycles. The molecule has 2 aromatic rings. The Morgan fingerprint density at radius 3 is 2.36 bits per heavy atom. The van der Waals surface area contributed by atoms with Gasteiger partial charge in [0.1, 0.15) is 0 Å². The lowest BCUT2D eigenvalue weighted by atomic mass is 10.1. The van der Waals surface area contributed by atoms with Crippen molar-refractivity contribution in [2.75, 3.05) is 10.6 Å². The number of thiocarbonyl (C=S) groups is 1. The van der Waals surface area contributed by atoms with Crippen molar-refractivity contribution in [1.82, 2.24) is 0 Å². The van der Waals surface area contributed by atoms with Crippen LogP contribution in [0.2, 0.25) is 0 Å². The minimum Gasteiger partial charge on any atom is -0.481 e. The minimum absolute atomic E-state index is 0.0194. The molecule has 0 unspecified atom stereocenters. The second-order valence-electron chi connectivity index (χ2n) is 5.16. The normalized spacial score (nSPS) is 10.1. The maximum atomic E-state index is 10.6. The molecule has 0 atom stereocenters. The van der Waals surface area contributed by atoms with Crippen molar-refractivity contribution in [3.8, 4) is 0 Å². The van der Waals surface area contributed by atoms with Gasteiger partial charge in [-0.3, -0.25) is 4.79 Å². The van der Waals surface area contributed by atoms with E-state index < -0.39 is 5.97 Å². The van der Waals surface area contributed by atoms with Crippen LogP contribution >= 0.6 is 12.2 Å². The van der Waals surface area contributed by atoms with Gasteiger partial charge < -0.3 is 15.7 Å². The van der Waals surface area contributed by atoms with Crippen molar-refractivity contribution in [3.05, 3.63) is 59.2 Å². The third-order valence-electron chi connectivity index (χ3n) is 3.20. The Morgan fingerprint density at radius 1 is 1.09 bits per heavy atom. The van der Waals surface area contributed by atoms with Gasteiger partial charge in [-0.05, 0) is 55.4 Å². The van der Waals surface area contributed by atoms with Gasteiger partial charge in [0.15, 0.2) is 5.11 Å². The van der Waals surface area contributed by atoms with E-state index in [-0.39, 0.29) is 6.42 Å². The van der Waals surface area contributed by atoms with Crippen LogP contribution in [0.25, 0.3) is 0 Å². The van der Waals surface area contributed by atoms with Crippen molar-refractivity contribution in [1.29, 1.82) is 0 Å². The quantitative estimate of drug-likeness (QED) is 0.751. The number of hydrogen-bond donors (Lipinski definition) is 3. The maximum Gasteiger partial charge on any atom is 0.307 e. The van der Waals surface area contributed by atoms with E-state index in [0.29, 0.717) is 5.11 Å². The summed E-state index contributed by atoms with van der Waals surface area (Å²) in [4.78, 5) is 10.6. The molecule has 2 aromatic carbocycles. The van der Waals surface area contributed by atoms with Gasteiger partial charge in [-0.2, -0.15) is 0 Å². The summed E-state index contributed by atoms with van der Waals surface area (Å²) in [6.07, 6.45) is 0.0194. The summed E-state index contributed by atoms with van der Waals surface area (Å²) in [5.41, 5.74) is 4.87. The Morgan fingerprint density at radius 2 is 1.77 bits per heavy atom. The van der Waals surface area contributed by atoms with E-state index in [1.807, 2.05) is 38.1 Å². The number of benzene rings is 2. The Bertz CT molecular complexity index is 696. The number of aliphatic carboxylic acids is 1. The van der Waals surface area contributed by atoms with Crippen LogP contribution in [-0.2, 0) is 11.2 Å². The average Bonchev–Trinajstić information content (AvgIpc) is 2.43. The molecule has 0 aliphatic carbocycles. The Hall–Kier alpha value is -2.40. The first-order valence-electron chi connectivity index (χ1n) is 6.90. The Labute approximate surface area is 135 Å². The zero-order chi connectivity index (χ0) is 16.1. The average molecular weight is 314 g/mol. The largest absolute Gasteiger partial charge is 0.481 e. The van der Waals surface area contributed by atoms with E-state index >= 15 is 0 Å². The van der Waals surface area contributed by atoms with Gasteiger partial charge in [0.2, 0.25) is 0 Å². The fourth-order valence-corrected chi connectivity index (χ4v) is 2.35. The summed E-state index contributed by atoms with van der Waals surface area (Å²) in [5, 5.41) is 15.5. The number of nitrogens with one attached hydrogen (secondary N) is 2. The van der Waals surface area contributed by atoms with E-state index in [1.54, 1.807) is 12.1 Å². The number of carbonyl (C=O) groups is 1. The molecule has 22 heavy (non-hydrogen) atoms. The SMILES string of the molecule is Cc1ccc(NC(=S)Nc2ccc(CC(=O)O)cc2)c(C)c1. The van der Waals surface area contributed by atoms with Crippen molar-refractivity contribution >= 4 is 34.7 Å².